The summed E-state index contributed by atoms with van der Waals surface area (Å²) >= 11 is 0. The standard InChI is InChI=1S/C22H29F2NO4/c23-22(24,17-9-4-3-5-10-17)19(26)15-14-18-11-8-12-20(27)25(18)16-7-2-1-6-13-21(28)29/h3-5,9-10,14-15,18-19,26H,1-2,6-8,11-13,16H2,(H,28,29). The number of piperidine rings is 1. The first-order valence-electron chi connectivity index (χ1n) is 10.1. The predicted octanol–water partition coefficient (Wildman–Crippen LogP) is 4.11. The average molecular weight is 409 g/mol. The molecule has 5 nitrogen and oxygen atoms in total. The lowest BCUT2D eigenvalue weighted by molar-refractivity contribution is -0.137. The molecule has 0 spiro atoms. The Balaban J connectivity index is 1.92. The zero-order chi connectivity index (χ0) is 21.3. The number of halogens is 2. The molecule has 1 saturated heterocycles. The van der Waals surface area contributed by atoms with Crippen LogP contribution in [-0.2, 0) is 15.5 Å². The fourth-order valence-electron chi connectivity index (χ4n) is 3.53. The number of hydrogen-bond donors (Lipinski definition) is 2. The second-order valence-corrected chi connectivity index (χ2v) is 7.42. The van der Waals surface area contributed by atoms with Gasteiger partial charge < -0.3 is 15.1 Å². The first-order valence-corrected chi connectivity index (χ1v) is 10.1. The van der Waals surface area contributed by atoms with E-state index >= 15 is 0 Å². The minimum absolute atomic E-state index is 0.0132. The summed E-state index contributed by atoms with van der Waals surface area (Å²) < 4.78 is 28.9. The molecule has 0 aliphatic carbocycles. The van der Waals surface area contributed by atoms with Gasteiger partial charge in [0.1, 0.15) is 6.10 Å². The van der Waals surface area contributed by atoms with Gasteiger partial charge in [-0.3, -0.25) is 9.59 Å². The van der Waals surface area contributed by atoms with Crippen molar-refractivity contribution in [2.45, 2.75) is 69.4 Å². The Hall–Kier alpha value is -2.28. The number of hydrogen-bond acceptors (Lipinski definition) is 3. The van der Waals surface area contributed by atoms with Gasteiger partial charge >= 0.3 is 11.9 Å². The topological polar surface area (TPSA) is 77.8 Å². The second-order valence-electron chi connectivity index (χ2n) is 7.42. The summed E-state index contributed by atoms with van der Waals surface area (Å²) in [5, 5.41) is 18.7. The van der Waals surface area contributed by atoms with E-state index in [1.165, 1.54) is 30.3 Å². The van der Waals surface area contributed by atoms with Crippen LogP contribution in [0, 0.1) is 0 Å². The fourth-order valence-corrected chi connectivity index (χ4v) is 3.53. The Morgan fingerprint density at radius 3 is 2.59 bits per heavy atom. The number of carboxylic acids is 1. The summed E-state index contributed by atoms with van der Waals surface area (Å²) in [6, 6.07) is 6.87. The van der Waals surface area contributed by atoms with Crippen LogP contribution in [0.25, 0.3) is 0 Å². The predicted molar refractivity (Wildman–Crippen MR) is 106 cm³/mol. The lowest BCUT2D eigenvalue weighted by Crippen LogP contribution is -2.43. The number of carboxylic acid groups (broad SMARTS) is 1. The Bertz CT molecular complexity index is 693. The number of aliphatic hydroxyl groups is 1. The van der Waals surface area contributed by atoms with Crippen molar-refractivity contribution >= 4 is 11.9 Å². The molecule has 1 fully saturated rings. The number of carbonyl (C=O) groups is 2. The van der Waals surface area contributed by atoms with Crippen LogP contribution in [0.3, 0.4) is 0 Å². The highest BCUT2D eigenvalue weighted by Gasteiger charge is 2.39. The molecule has 0 saturated carbocycles. The Kier molecular flexibility index (Phi) is 8.76. The third kappa shape index (κ3) is 6.92. The number of aliphatic hydroxyl groups excluding tert-OH is 1. The number of rotatable bonds is 11. The van der Waals surface area contributed by atoms with E-state index in [9.17, 15) is 23.5 Å². The molecule has 2 N–H and O–H groups in total. The summed E-state index contributed by atoms with van der Waals surface area (Å²) in [5.74, 6) is -4.24. The Morgan fingerprint density at radius 1 is 1.21 bits per heavy atom. The molecule has 0 radical (unpaired) electrons. The Morgan fingerprint density at radius 2 is 1.90 bits per heavy atom. The Labute approximate surface area is 170 Å². The molecule has 2 atom stereocenters. The number of amides is 1. The maximum atomic E-state index is 14.4. The van der Waals surface area contributed by atoms with E-state index in [0.29, 0.717) is 32.2 Å². The minimum atomic E-state index is -3.41. The quantitative estimate of drug-likeness (QED) is 0.426. The molecular formula is C22H29F2NO4. The van der Waals surface area contributed by atoms with E-state index in [1.807, 2.05) is 0 Å². The van der Waals surface area contributed by atoms with Crippen LogP contribution in [0.2, 0.25) is 0 Å². The third-order valence-electron chi connectivity index (χ3n) is 5.20. The van der Waals surface area contributed by atoms with E-state index in [2.05, 4.69) is 0 Å². The number of nitrogens with zero attached hydrogens (tertiary/aromatic N) is 1. The number of aliphatic carboxylic acids is 1. The highest BCUT2D eigenvalue weighted by Crippen LogP contribution is 2.32. The molecule has 0 bridgehead atoms. The van der Waals surface area contributed by atoms with E-state index in [4.69, 9.17) is 5.11 Å². The SMILES string of the molecule is O=C(O)CCCCCCN1C(=O)CCCC1C=CC(O)C(F)(F)c1ccccc1. The van der Waals surface area contributed by atoms with E-state index in [1.54, 1.807) is 11.0 Å². The smallest absolute Gasteiger partial charge is 0.303 e. The summed E-state index contributed by atoms with van der Waals surface area (Å²) in [7, 11) is 0. The van der Waals surface area contributed by atoms with Crippen molar-refractivity contribution in [2.24, 2.45) is 0 Å². The van der Waals surface area contributed by atoms with Gasteiger partial charge in [0.2, 0.25) is 5.91 Å². The molecule has 160 valence electrons. The zero-order valence-electron chi connectivity index (χ0n) is 16.5. The number of carbonyl (C=O) groups excluding carboxylic acids is 1. The highest BCUT2D eigenvalue weighted by molar-refractivity contribution is 5.77. The highest BCUT2D eigenvalue weighted by atomic mass is 19.3. The van der Waals surface area contributed by atoms with Crippen molar-refractivity contribution in [1.29, 1.82) is 0 Å². The molecular weight excluding hydrogens is 380 g/mol. The van der Waals surface area contributed by atoms with Gasteiger partial charge in [0, 0.05) is 24.9 Å². The molecule has 2 unspecified atom stereocenters. The van der Waals surface area contributed by atoms with E-state index < -0.39 is 18.0 Å². The molecule has 0 aromatic heterocycles. The molecule has 1 aliphatic heterocycles. The summed E-state index contributed by atoms with van der Waals surface area (Å²) in [6.07, 6.45) is 5.50. The molecule has 29 heavy (non-hydrogen) atoms. The van der Waals surface area contributed by atoms with Crippen LogP contribution in [0.1, 0.15) is 56.9 Å². The van der Waals surface area contributed by atoms with Crippen LogP contribution in [0.15, 0.2) is 42.5 Å². The first kappa shape index (κ1) is 23.0. The molecule has 1 aromatic rings. The number of benzene rings is 1. The van der Waals surface area contributed by atoms with E-state index in [-0.39, 0.29) is 23.9 Å². The third-order valence-corrected chi connectivity index (χ3v) is 5.20. The van der Waals surface area contributed by atoms with Gasteiger partial charge in [-0.25, -0.2) is 0 Å². The van der Waals surface area contributed by atoms with E-state index in [0.717, 1.165) is 25.3 Å². The monoisotopic (exact) mass is 409 g/mol. The van der Waals surface area contributed by atoms with Crippen LogP contribution in [0.4, 0.5) is 8.78 Å². The van der Waals surface area contributed by atoms with Gasteiger partial charge in [-0.15, -0.1) is 0 Å². The molecule has 1 aliphatic rings. The van der Waals surface area contributed by atoms with Gasteiger partial charge in [0.15, 0.2) is 0 Å². The van der Waals surface area contributed by atoms with Gasteiger partial charge in [-0.2, -0.15) is 8.78 Å². The number of likely N-dealkylation sites (tertiary alicyclic amines) is 1. The maximum Gasteiger partial charge on any atom is 0.303 e. The molecule has 7 heteroatoms. The van der Waals surface area contributed by atoms with Crippen molar-refractivity contribution in [2.75, 3.05) is 6.54 Å². The van der Waals surface area contributed by atoms with Crippen molar-refractivity contribution < 1.29 is 28.6 Å². The van der Waals surface area contributed by atoms with Gasteiger partial charge in [0.25, 0.3) is 0 Å². The summed E-state index contributed by atoms with van der Waals surface area (Å²) in [6.45, 7) is 0.506. The molecule has 2 rings (SSSR count). The molecule has 1 heterocycles. The van der Waals surface area contributed by atoms with Crippen molar-refractivity contribution in [3.63, 3.8) is 0 Å². The van der Waals surface area contributed by atoms with Gasteiger partial charge in [-0.1, -0.05) is 55.3 Å². The summed E-state index contributed by atoms with van der Waals surface area (Å²) in [5.41, 5.74) is -0.255. The normalized spacial score (nSPS) is 18.9. The molecule has 1 aromatic carbocycles. The lowest BCUT2D eigenvalue weighted by Gasteiger charge is -2.34. The van der Waals surface area contributed by atoms with Crippen LogP contribution < -0.4 is 0 Å². The zero-order valence-corrected chi connectivity index (χ0v) is 16.5. The fraction of sp³-hybridized carbons (Fsp3) is 0.545. The average Bonchev–Trinajstić information content (AvgIpc) is 2.70. The van der Waals surface area contributed by atoms with Crippen LogP contribution in [-0.4, -0.2) is 45.7 Å². The maximum absolute atomic E-state index is 14.4. The first-order chi connectivity index (χ1) is 13.8. The van der Waals surface area contributed by atoms with Crippen molar-refractivity contribution in [1.82, 2.24) is 4.90 Å². The van der Waals surface area contributed by atoms with Crippen LogP contribution in [0.5, 0.6) is 0 Å². The number of alkyl halides is 2. The lowest BCUT2D eigenvalue weighted by atomic mass is 9.98. The molecule has 1 amide bonds. The number of unbranched alkanes of at least 4 members (excludes halogenated alkanes) is 3. The van der Waals surface area contributed by atoms with Gasteiger partial charge in [0.05, 0.1) is 6.04 Å². The van der Waals surface area contributed by atoms with Crippen molar-refractivity contribution in [3.05, 3.63) is 48.0 Å². The van der Waals surface area contributed by atoms with Crippen LogP contribution >= 0.6 is 0 Å². The second kappa shape index (κ2) is 11.0. The summed E-state index contributed by atoms with van der Waals surface area (Å²) in [4.78, 5) is 24.5. The largest absolute Gasteiger partial charge is 0.481 e. The van der Waals surface area contributed by atoms with Gasteiger partial charge in [-0.05, 0) is 25.7 Å². The van der Waals surface area contributed by atoms with Crippen molar-refractivity contribution in [3.8, 4) is 0 Å². The minimum Gasteiger partial charge on any atom is -0.481 e.